The fourth-order valence-electron chi connectivity index (χ4n) is 2.92. The molecule has 2 rings (SSSR count). The van der Waals surface area contributed by atoms with Crippen LogP contribution in [0.2, 0.25) is 5.02 Å². The highest BCUT2D eigenvalue weighted by atomic mass is 35.5. The van der Waals surface area contributed by atoms with E-state index >= 15 is 0 Å². The molecule has 1 fully saturated rings. The van der Waals surface area contributed by atoms with Gasteiger partial charge in [0.2, 0.25) is 0 Å². The molecule has 1 unspecified atom stereocenters. The van der Waals surface area contributed by atoms with Gasteiger partial charge in [-0.1, -0.05) is 51.4 Å². The van der Waals surface area contributed by atoms with Gasteiger partial charge in [-0.15, -0.1) is 0 Å². The molecule has 1 aromatic carbocycles. The number of hydrogen-bond acceptors (Lipinski definition) is 1. The molecule has 1 aliphatic carbocycles. The van der Waals surface area contributed by atoms with Gasteiger partial charge in [0.1, 0.15) is 0 Å². The van der Waals surface area contributed by atoms with Gasteiger partial charge in [0.25, 0.3) is 0 Å². The van der Waals surface area contributed by atoms with Crippen molar-refractivity contribution in [2.24, 2.45) is 16.7 Å². The second kappa shape index (κ2) is 3.48. The Labute approximate surface area is 102 Å². The summed E-state index contributed by atoms with van der Waals surface area (Å²) in [6.07, 6.45) is -0.413. The number of hydrogen-bond donors (Lipinski definition) is 1. The van der Waals surface area contributed by atoms with Crippen LogP contribution < -0.4 is 0 Å². The molecule has 88 valence electrons. The zero-order valence-corrected chi connectivity index (χ0v) is 11.0. The minimum absolute atomic E-state index is 0.189. The number of aliphatic hydroxyl groups is 1. The van der Waals surface area contributed by atoms with Crippen molar-refractivity contribution >= 4 is 11.6 Å². The predicted molar refractivity (Wildman–Crippen MR) is 67.5 cm³/mol. The standard InChI is InChI=1S/C14H19ClO/c1-13(2)12(14(13,3)4)11(16)9-6-5-7-10(15)8-9/h5-8,11-12,16H,1-4H3. The molecule has 0 bridgehead atoms. The van der Waals surface area contributed by atoms with Gasteiger partial charge in [0.05, 0.1) is 6.10 Å². The van der Waals surface area contributed by atoms with Crippen molar-refractivity contribution in [1.29, 1.82) is 0 Å². The van der Waals surface area contributed by atoms with Crippen LogP contribution in [0.4, 0.5) is 0 Å². The van der Waals surface area contributed by atoms with Crippen LogP contribution >= 0.6 is 11.6 Å². The van der Waals surface area contributed by atoms with E-state index in [-0.39, 0.29) is 10.8 Å². The average molecular weight is 239 g/mol. The molecule has 0 saturated heterocycles. The molecular formula is C14H19ClO. The Bertz CT molecular complexity index is 395. The zero-order valence-electron chi connectivity index (χ0n) is 10.3. The number of benzene rings is 1. The molecule has 0 aliphatic heterocycles. The van der Waals surface area contributed by atoms with Crippen molar-refractivity contribution in [1.82, 2.24) is 0 Å². The lowest BCUT2D eigenvalue weighted by Gasteiger charge is -2.13. The maximum Gasteiger partial charge on any atom is 0.0829 e. The van der Waals surface area contributed by atoms with Crippen molar-refractivity contribution in [2.45, 2.75) is 33.8 Å². The minimum atomic E-state index is -0.413. The molecule has 1 saturated carbocycles. The quantitative estimate of drug-likeness (QED) is 0.824. The zero-order chi connectivity index (χ0) is 12.1. The summed E-state index contributed by atoms with van der Waals surface area (Å²) < 4.78 is 0. The Balaban J connectivity index is 2.26. The van der Waals surface area contributed by atoms with Gasteiger partial charge in [-0.3, -0.25) is 0 Å². The monoisotopic (exact) mass is 238 g/mol. The Morgan fingerprint density at radius 2 is 1.75 bits per heavy atom. The Kier molecular flexibility index (Phi) is 2.60. The first-order valence-corrected chi connectivity index (χ1v) is 6.10. The molecular weight excluding hydrogens is 220 g/mol. The number of rotatable bonds is 2. The molecule has 1 aliphatic rings. The summed E-state index contributed by atoms with van der Waals surface area (Å²) in [5, 5.41) is 11.1. The van der Waals surface area contributed by atoms with Gasteiger partial charge in [-0.05, 0) is 28.5 Å². The first-order chi connectivity index (χ1) is 7.28. The normalized spacial score (nSPS) is 24.1. The van der Waals surface area contributed by atoms with E-state index < -0.39 is 6.10 Å². The first-order valence-electron chi connectivity index (χ1n) is 5.72. The molecule has 0 amide bonds. The third-order valence-electron chi connectivity index (χ3n) is 4.64. The molecule has 2 heteroatoms. The molecule has 1 atom stereocenters. The smallest absolute Gasteiger partial charge is 0.0829 e. The van der Waals surface area contributed by atoms with Crippen LogP contribution in [0.1, 0.15) is 39.4 Å². The van der Waals surface area contributed by atoms with Crippen LogP contribution in [-0.4, -0.2) is 5.11 Å². The maximum absolute atomic E-state index is 10.4. The Morgan fingerprint density at radius 3 is 2.19 bits per heavy atom. The third-order valence-corrected chi connectivity index (χ3v) is 4.87. The first kappa shape index (κ1) is 11.9. The van der Waals surface area contributed by atoms with Crippen LogP contribution in [0.15, 0.2) is 24.3 Å². The summed E-state index contributed by atoms with van der Waals surface area (Å²) in [6, 6.07) is 7.53. The molecule has 0 spiro atoms. The van der Waals surface area contributed by atoms with Crippen LogP contribution in [0, 0.1) is 16.7 Å². The van der Waals surface area contributed by atoms with Gasteiger partial charge in [-0.25, -0.2) is 0 Å². The highest BCUT2D eigenvalue weighted by Crippen LogP contribution is 2.72. The highest BCUT2D eigenvalue weighted by Gasteiger charge is 2.67. The summed E-state index contributed by atoms with van der Waals surface area (Å²) in [6.45, 7) is 8.85. The van der Waals surface area contributed by atoms with Gasteiger partial charge >= 0.3 is 0 Å². The van der Waals surface area contributed by atoms with Crippen molar-refractivity contribution in [3.63, 3.8) is 0 Å². The van der Waals surface area contributed by atoms with E-state index in [1.54, 1.807) is 0 Å². The van der Waals surface area contributed by atoms with Gasteiger partial charge in [0, 0.05) is 10.9 Å². The van der Waals surface area contributed by atoms with E-state index in [2.05, 4.69) is 27.7 Å². The minimum Gasteiger partial charge on any atom is -0.388 e. The van der Waals surface area contributed by atoms with Crippen molar-refractivity contribution in [3.05, 3.63) is 34.9 Å². The van der Waals surface area contributed by atoms with Crippen LogP contribution in [0.5, 0.6) is 0 Å². The second-order valence-corrected chi connectivity index (χ2v) is 6.36. The summed E-state index contributed by atoms with van der Waals surface area (Å²) in [5.41, 5.74) is 1.31. The fraction of sp³-hybridized carbons (Fsp3) is 0.571. The molecule has 1 N–H and O–H groups in total. The van der Waals surface area contributed by atoms with E-state index in [4.69, 9.17) is 11.6 Å². The topological polar surface area (TPSA) is 20.2 Å². The summed E-state index contributed by atoms with van der Waals surface area (Å²) in [7, 11) is 0. The van der Waals surface area contributed by atoms with Gasteiger partial charge in [-0.2, -0.15) is 0 Å². The molecule has 0 aromatic heterocycles. The van der Waals surface area contributed by atoms with E-state index in [1.165, 1.54) is 0 Å². The van der Waals surface area contributed by atoms with Crippen LogP contribution in [0.25, 0.3) is 0 Å². The van der Waals surface area contributed by atoms with Crippen LogP contribution in [-0.2, 0) is 0 Å². The van der Waals surface area contributed by atoms with Gasteiger partial charge < -0.3 is 5.11 Å². The van der Waals surface area contributed by atoms with E-state index in [0.29, 0.717) is 10.9 Å². The lowest BCUT2D eigenvalue weighted by Crippen LogP contribution is -2.05. The van der Waals surface area contributed by atoms with E-state index in [0.717, 1.165) is 5.56 Å². The van der Waals surface area contributed by atoms with E-state index in [1.807, 2.05) is 24.3 Å². The Morgan fingerprint density at radius 1 is 1.19 bits per heavy atom. The largest absolute Gasteiger partial charge is 0.388 e. The van der Waals surface area contributed by atoms with Gasteiger partial charge in [0.15, 0.2) is 0 Å². The third kappa shape index (κ3) is 1.57. The van der Waals surface area contributed by atoms with Crippen LogP contribution in [0.3, 0.4) is 0 Å². The molecule has 1 aromatic rings. The molecule has 0 heterocycles. The second-order valence-electron chi connectivity index (χ2n) is 5.92. The average Bonchev–Trinajstić information content (AvgIpc) is 2.56. The predicted octanol–water partition coefficient (Wildman–Crippen LogP) is 4.06. The molecule has 16 heavy (non-hydrogen) atoms. The lowest BCUT2D eigenvalue weighted by molar-refractivity contribution is 0.131. The number of aliphatic hydroxyl groups excluding tert-OH is 1. The summed E-state index contributed by atoms with van der Waals surface area (Å²) in [4.78, 5) is 0. The molecule has 0 radical (unpaired) electrons. The van der Waals surface area contributed by atoms with Crippen molar-refractivity contribution in [2.75, 3.05) is 0 Å². The fourth-order valence-corrected chi connectivity index (χ4v) is 3.12. The summed E-state index contributed by atoms with van der Waals surface area (Å²) >= 11 is 5.95. The highest BCUT2D eigenvalue weighted by molar-refractivity contribution is 6.30. The summed E-state index contributed by atoms with van der Waals surface area (Å²) in [5.74, 6) is 0.304. The Hall–Kier alpha value is -0.530. The SMILES string of the molecule is CC1(C)C(C(O)c2cccc(Cl)c2)C1(C)C. The number of halogens is 1. The molecule has 1 nitrogen and oxygen atoms in total. The maximum atomic E-state index is 10.4. The van der Waals surface area contributed by atoms with Crippen molar-refractivity contribution < 1.29 is 5.11 Å². The van der Waals surface area contributed by atoms with E-state index in [9.17, 15) is 5.11 Å². The van der Waals surface area contributed by atoms with Crippen molar-refractivity contribution in [3.8, 4) is 0 Å². The lowest BCUT2D eigenvalue weighted by atomic mass is 10.00.